The van der Waals surface area contributed by atoms with E-state index in [1.54, 1.807) is 30.6 Å². The van der Waals surface area contributed by atoms with Crippen LogP contribution in [0.1, 0.15) is 25.0 Å². The third-order valence-electron chi connectivity index (χ3n) is 5.50. The molecule has 1 N–H and O–H groups in total. The number of rotatable bonds is 11. The molecule has 2 aromatic carbocycles. The third kappa shape index (κ3) is 6.93. The molecule has 0 aliphatic rings. The topological polar surface area (TPSA) is 113 Å². The average Bonchev–Trinajstić information content (AvgIpc) is 2.95. The van der Waals surface area contributed by atoms with E-state index in [2.05, 4.69) is 25.0 Å². The third-order valence-corrected chi connectivity index (χ3v) is 5.50. The normalized spacial score (nSPS) is 11.0. The maximum atomic E-state index is 14.2. The van der Waals surface area contributed by atoms with Crippen LogP contribution in [0.5, 0.6) is 17.2 Å². The van der Waals surface area contributed by atoms with Gasteiger partial charge in [0.25, 0.3) is 0 Å². The molecule has 0 aliphatic heterocycles. The first-order chi connectivity index (χ1) is 19.3. The van der Waals surface area contributed by atoms with Gasteiger partial charge in [-0.05, 0) is 37.6 Å². The molecule has 2 aromatic heterocycles. The Morgan fingerprint density at radius 3 is 2.35 bits per heavy atom. The Hall–Kier alpha value is -4.93. The summed E-state index contributed by atoms with van der Waals surface area (Å²) in [4.78, 5) is 36.9. The summed E-state index contributed by atoms with van der Waals surface area (Å²) in [5.74, 6) is -4.05. The molecule has 0 saturated carbocycles. The van der Waals surface area contributed by atoms with Gasteiger partial charge in [0.05, 0.1) is 43.9 Å². The zero-order chi connectivity index (χ0) is 28.5. The lowest BCUT2D eigenvalue weighted by atomic mass is 10.0. The number of ether oxygens (including phenoxy) is 3. The fourth-order valence-corrected chi connectivity index (χ4v) is 3.66. The Bertz CT molecular complexity index is 1480. The van der Waals surface area contributed by atoms with Gasteiger partial charge in [0.15, 0.2) is 17.3 Å². The maximum absolute atomic E-state index is 14.2. The van der Waals surface area contributed by atoms with E-state index in [1.165, 1.54) is 31.5 Å². The van der Waals surface area contributed by atoms with Crippen molar-refractivity contribution in [2.75, 3.05) is 18.5 Å². The molecule has 0 atom stereocenters. The number of carbonyl (C=O) groups is 2. The molecule has 0 spiro atoms. The SMILES string of the molecule is CCOC(=O)C(F)(F)c1ccc(CC(=O)Nc2cncc(-c3cncc(Oc4ccccc4OCC)c3)n2)cc1. The lowest BCUT2D eigenvalue weighted by Gasteiger charge is -2.15. The van der Waals surface area contributed by atoms with Crippen molar-refractivity contribution in [1.29, 1.82) is 0 Å². The number of anilines is 1. The van der Waals surface area contributed by atoms with Crippen LogP contribution in [-0.4, -0.2) is 40.0 Å². The quantitative estimate of drug-likeness (QED) is 0.242. The Kier molecular flexibility index (Phi) is 8.95. The molecule has 9 nitrogen and oxygen atoms in total. The number of hydrogen-bond acceptors (Lipinski definition) is 8. The predicted molar refractivity (Wildman–Crippen MR) is 142 cm³/mol. The van der Waals surface area contributed by atoms with E-state index in [0.29, 0.717) is 40.7 Å². The summed E-state index contributed by atoms with van der Waals surface area (Å²) in [7, 11) is 0. The molecule has 0 bridgehead atoms. The van der Waals surface area contributed by atoms with Gasteiger partial charge in [0, 0.05) is 17.3 Å². The number of carbonyl (C=O) groups excluding carboxylic acids is 2. The van der Waals surface area contributed by atoms with Crippen LogP contribution in [0.4, 0.5) is 14.6 Å². The van der Waals surface area contributed by atoms with E-state index in [0.717, 1.165) is 12.1 Å². The highest BCUT2D eigenvalue weighted by molar-refractivity contribution is 5.91. The zero-order valence-corrected chi connectivity index (χ0v) is 21.8. The molecule has 11 heteroatoms. The summed E-state index contributed by atoms with van der Waals surface area (Å²) in [5.41, 5.74) is 0.994. The number of halogens is 2. The van der Waals surface area contributed by atoms with Gasteiger partial charge in [-0.1, -0.05) is 36.4 Å². The standard InChI is InChI=1S/C29H26F2N4O5/c1-3-38-24-7-5-6-8-25(24)40-22-14-20(15-32-16-22)23-17-33-18-26(34-23)35-27(36)13-19-9-11-21(12-10-19)29(30,31)28(37)39-4-2/h5-12,14-18H,3-4,13H2,1-2H3,(H,34,35,36). The predicted octanol–water partition coefficient (Wildman–Crippen LogP) is 5.57. The maximum Gasteiger partial charge on any atom is 0.381 e. The average molecular weight is 549 g/mol. The Morgan fingerprint density at radius 1 is 0.900 bits per heavy atom. The highest BCUT2D eigenvalue weighted by Gasteiger charge is 2.42. The minimum atomic E-state index is -3.78. The summed E-state index contributed by atoms with van der Waals surface area (Å²) < 4.78 is 44.4. The van der Waals surface area contributed by atoms with E-state index < -0.39 is 23.4 Å². The highest BCUT2D eigenvalue weighted by atomic mass is 19.3. The first-order valence-corrected chi connectivity index (χ1v) is 12.4. The number of nitrogens with zero attached hydrogens (tertiary/aromatic N) is 3. The number of hydrogen-bond donors (Lipinski definition) is 1. The smallest absolute Gasteiger partial charge is 0.381 e. The van der Waals surface area contributed by atoms with Gasteiger partial charge in [-0.2, -0.15) is 8.78 Å². The van der Waals surface area contributed by atoms with Crippen molar-refractivity contribution in [2.24, 2.45) is 0 Å². The van der Waals surface area contributed by atoms with E-state index in [1.807, 2.05) is 19.1 Å². The highest BCUT2D eigenvalue weighted by Crippen LogP contribution is 2.33. The first-order valence-electron chi connectivity index (χ1n) is 12.4. The van der Waals surface area contributed by atoms with Crippen molar-refractivity contribution >= 4 is 17.7 Å². The summed E-state index contributed by atoms with van der Waals surface area (Å²) >= 11 is 0. The summed E-state index contributed by atoms with van der Waals surface area (Å²) in [6.45, 7) is 3.66. The van der Waals surface area contributed by atoms with Crippen molar-refractivity contribution in [3.63, 3.8) is 0 Å². The van der Waals surface area contributed by atoms with Crippen LogP contribution >= 0.6 is 0 Å². The Labute approximate surface area is 229 Å². The van der Waals surface area contributed by atoms with Gasteiger partial charge in [0.2, 0.25) is 5.91 Å². The van der Waals surface area contributed by atoms with Crippen molar-refractivity contribution < 1.29 is 32.6 Å². The molecule has 1 amide bonds. The van der Waals surface area contributed by atoms with Crippen LogP contribution in [0, 0.1) is 0 Å². The minimum Gasteiger partial charge on any atom is -0.490 e. The number of nitrogens with one attached hydrogen (secondary N) is 1. The van der Waals surface area contributed by atoms with Crippen molar-refractivity contribution in [2.45, 2.75) is 26.2 Å². The fraction of sp³-hybridized carbons (Fsp3) is 0.207. The molecular weight excluding hydrogens is 522 g/mol. The number of aromatic nitrogens is 3. The van der Waals surface area contributed by atoms with Gasteiger partial charge in [-0.25, -0.2) is 9.78 Å². The fourth-order valence-electron chi connectivity index (χ4n) is 3.66. The molecule has 0 fully saturated rings. The number of alkyl halides is 2. The van der Waals surface area contributed by atoms with Gasteiger partial charge >= 0.3 is 11.9 Å². The summed E-state index contributed by atoms with van der Waals surface area (Å²) in [5, 5.41) is 2.65. The summed E-state index contributed by atoms with van der Waals surface area (Å²) in [6, 6.07) is 13.9. The number of pyridine rings is 1. The summed E-state index contributed by atoms with van der Waals surface area (Å²) in [6.07, 6.45) is 5.94. The van der Waals surface area contributed by atoms with E-state index >= 15 is 0 Å². The molecule has 2 heterocycles. The second-order valence-electron chi connectivity index (χ2n) is 8.40. The van der Waals surface area contributed by atoms with Crippen LogP contribution in [0.3, 0.4) is 0 Å². The first kappa shape index (κ1) is 28.1. The molecule has 0 unspecified atom stereocenters. The molecule has 0 saturated heterocycles. The zero-order valence-electron chi connectivity index (χ0n) is 21.8. The number of amides is 1. The molecule has 4 rings (SSSR count). The molecule has 4 aromatic rings. The van der Waals surface area contributed by atoms with Crippen LogP contribution in [0.25, 0.3) is 11.3 Å². The van der Waals surface area contributed by atoms with Gasteiger partial charge in [0.1, 0.15) is 5.75 Å². The number of benzene rings is 2. The monoisotopic (exact) mass is 548 g/mol. The second kappa shape index (κ2) is 12.7. The van der Waals surface area contributed by atoms with E-state index in [-0.39, 0.29) is 18.8 Å². The van der Waals surface area contributed by atoms with Crippen molar-refractivity contribution in [1.82, 2.24) is 15.0 Å². The largest absolute Gasteiger partial charge is 0.490 e. The molecule has 40 heavy (non-hydrogen) atoms. The van der Waals surface area contributed by atoms with Crippen LogP contribution in [-0.2, 0) is 26.7 Å². The van der Waals surface area contributed by atoms with Crippen molar-refractivity contribution in [3.05, 3.63) is 90.5 Å². The van der Waals surface area contributed by atoms with Gasteiger partial charge < -0.3 is 19.5 Å². The van der Waals surface area contributed by atoms with Crippen LogP contribution < -0.4 is 14.8 Å². The molecule has 0 aliphatic carbocycles. The van der Waals surface area contributed by atoms with Crippen LogP contribution in [0.2, 0.25) is 0 Å². The Morgan fingerprint density at radius 2 is 1.62 bits per heavy atom. The Balaban J connectivity index is 1.42. The van der Waals surface area contributed by atoms with Crippen molar-refractivity contribution in [3.8, 4) is 28.5 Å². The molecular formula is C29H26F2N4O5. The second-order valence-corrected chi connectivity index (χ2v) is 8.40. The van der Waals surface area contributed by atoms with Gasteiger partial charge in [-0.3, -0.25) is 14.8 Å². The van der Waals surface area contributed by atoms with Gasteiger partial charge in [-0.15, -0.1) is 0 Å². The minimum absolute atomic E-state index is 0.110. The number of esters is 1. The lowest BCUT2D eigenvalue weighted by molar-refractivity contribution is -0.173. The molecule has 0 radical (unpaired) electrons. The van der Waals surface area contributed by atoms with E-state index in [9.17, 15) is 18.4 Å². The van der Waals surface area contributed by atoms with E-state index in [4.69, 9.17) is 9.47 Å². The molecule has 206 valence electrons. The van der Waals surface area contributed by atoms with Crippen LogP contribution in [0.15, 0.2) is 79.4 Å². The number of para-hydroxylation sites is 2. The lowest BCUT2D eigenvalue weighted by Crippen LogP contribution is -2.28.